The van der Waals surface area contributed by atoms with Gasteiger partial charge in [-0.2, -0.15) is 23.5 Å². The zero-order valence-corrected chi connectivity index (χ0v) is 32.3. The molecule has 0 radical (unpaired) electrons. The number of hydrogen-bond acceptors (Lipinski definition) is 8. The fourth-order valence-electron chi connectivity index (χ4n) is 5.09. The summed E-state index contributed by atoms with van der Waals surface area (Å²) >= 11 is 2.58. The van der Waals surface area contributed by atoms with Gasteiger partial charge in [0.1, 0.15) is 12.1 Å². The van der Waals surface area contributed by atoms with E-state index in [0.717, 1.165) is 38.5 Å². The van der Waals surface area contributed by atoms with Gasteiger partial charge in [-0.15, -0.1) is 0 Å². The van der Waals surface area contributed by atoms with Gasteiger partial charge in [0, 0.05) is 35.9 Å². The zero-order valence-electron chi connectivity index (χ0n) is 30.7. The van der Waals surface area contributed by atoms with E-state index in [9.17, 15) is 39.0 Å². The highest BCUT2D eigenvalue weighted by Crippen LogP contribution is 2.13. The number of carbonyl (C=O) groups excluding carboxylic acids is 4. The molecule has 0 fully saturated rings. The standard InChI is InChI=1S/C36H66N4O8S2/c1-3-5-7-9-11-13-15-17-19-21-31(41)37-25-33(43)39-29(35(45)46)27-49-23-24-50-28-30(36(47)48)40-34(44)26-38-32(42)22-20-18-16-14-12-10-8-6-4-2/h29-30H,3-28H2,1-2H3,(H,37,41)(H,38,42)(H,39,43)(H,40,44)(H,45,46)(H,47,48). The monoisotopic (exact) mass is 746 g/mol. The molecule has 0 aliphatic carbocycles. The SMILES string of the molecule is CCCCCCCCCCCC(=O)NCC(=O)NC(CSCCSCC(NC(=O)CNC(=O)CCCCCCCCCCC)C(=O)O)C(=O)O. The largest absolute Gasteiger partial charge is 0.480 e. The number of carboxylic acid groups (broad SMARTS) is 2. The lowest BCUT2D eigenvalue weighted by atomic mass is 10.1. The molecular weight excluding hydrogens is 681 g/mol. The van der Waals surface area contributed by atoms with Gasteiger partial charge in [-0.05, 0) is 12.8 Å². The molecule has 290 valence electrons. The molecule has 0 heterocycles. The summed E-state index contributed by atoms with van der Waals surface area (Å²) in [6.07, 6.45) is 21.2. The second-order valence-electron chi connectivity index (χ2n) is 12.8. The Morgan fingerprint density at radius 3 is 1.06 bits per heavy atom. The summed E-state index contributed by atoms with van der Waals surface area (Å²) in [6, 6.07) is -2.26. The molecule has 12 nitrogen and oxygen atoms in total. The first-order valence-electron chi connectivity index (χ1n) is 18.8. The number of amides is 4. The van der Waals surface area contributed by atoms with Crippen LogP contribution in [-0.2, 0) is 28.8 Å². The van der Waals surface area contributed by atoms with Crippen LogP contribution in [0.25, 0.3) is 0 Å². The molecule has 0 aromatic carbocycles. The fourth-order valence-corrected chi connectivity index (χ4v) is 7.29. The van der Waals surface area contributed by atoms with Crippen LogP contribution in [0.2, 0.25) is 0 Å². The summed E-state index contributed by atoms with van der Waals surface area (Å²) in [5.41, 5.74) is 0. The minimum absolute atomic E-state index is 0.103. The van der Waals surface area contributed by atoms with Crippen molar-refractivity contribution >= 4 is 59.1 Å². The lowest BCUT2D eigenvalue weighted by molar-refractivity contribution is -0.141. The van der Waals surface area contributed by atoms with Crippen molar-refractivity contribution in [1.82, 2.24) is 21.3 Å². The normalized spacial score (nSPS) is 12.1. The number of aliphatic carboxylic acids is 2. The van der Waals surface area contributed by atoms with Gasteiger partial charge < -0.3 is 31.5 Å². The summed E-state index contributed by atoms with van der Waals surface area (Å²) in [4.78, 5) is 71.8. The topological polar surface area (TPSA) is 191 Å². The van der Waals surface area contributed by atoms with Crippen molar-refractivity contribution in [3.63, 3.8) is 0 Å². The molecule has 14 heteroatoms. The minimum atomic E-state index is -1.19. The van der Waals surface area contributed by atoms with Gasteiger partial charge in [0.15, 0.2) is 0 Å². The maximum absolute atomic E-state index is 12.2. The molecule has 0 aromatic rings. The molecule has 0 saturated carbocycles. The van der Waals surface area contributed by atoms with Gasteiger partial charge in [-0.1, -0.05) is 117 Å². The summed E-state index contributed by atoms with van der Waals surface area (Å²) < 4.78 is 0. The van der Waals surface area contributed by atoms with E-state index in [-0.39, 0.29) is 36.4 Å². The third-order valence-electron chi connectivity index (χ3n) is 8.11. The summed E-state index contributed by atoms with van der Waals surface area (Å²) in [6.45, 7) is 3.82. The smallest absolute Gasteiger partial charge is 0.327 e. The second-order valence-corrected chi connectivity index (χ2v) is 15.1. The molecule has 4 amide bonds. The molecule has 0 aliphatic rings. The van der Waals surface area contributed by atoms with Gasteiger partial charge in [-0.3, -0.25) is 19.2 Å². The Morgan fingerprint density at radius 1 is 0.460 bits per heavy atom. The molecule has 0 bridgehead atoms. The maximum atomic E-state index is 12.2. The van der Waals surface area contributed by atoms with Gasteiger partial charge >= 0.3 is 11.9 Å². The van der Waals surface area contributed by atoms with Crippen LogP contribution in [0.15, 0.2) is 0 Å². The molecule has 0 saturated heterocycles. The van der Waals surface area contributed by atoms with Crippen molar-refractivity contribution in [2.45, 2.75) is 154 Å². The first-order valence-corrected chi connectivity index (χ1v) is 21.1. The Bertz CT molecular complexity index is 883. The molecular formula is C36H66N4O8S2. The predicted molar refractivity (Wildman–Crippen MR) is 203 cm³/mol. The van der Waals surface area contributed by atoms with E-state index in [1.807, 2.05) is 0 Å². The fraction of sp³-hybridized carbons (Fsp3) is 0.833. The lowest BCUT2D eigenvalue weighted by Crippen LogP contribution is -2.47. The zero-order chi connectivity index (χ0) is 37.2. The Morgan fingerprint density at radius 2 is 0.760 bits per heavy atom. The third-order valence-corrected chi connectivity index (χ3v) is 10.5. The minimum Gasteiger partial charge on any atom is -0.480 e. The maximum Gasteiger partial charge on any atom is 0.327 e. The van der Waals surface area contributed by atoms with Crippen LogP contribution in [0, 0.1) is 0 Å². The van der Waals surface area contributed by atoms with Gasteiger partial charge in [0.2, 0.25) is 23.6 Å². The molecule has 0 aliphatic heterocycles. The number of hydrogen-bond donors (Lipinski definition) is 6. The van der Waals surface area contributed by atoms with E-state index in [1.165, 1.54) is 101 Å². The van der Waals surface area contributed by atoms with E-state index in [1.54, 1.807) is 0 Å². The highest BCUT2D eigenvalue weighted by atomic mass is 32.2. The highest BCUT2D eigenvalue weighted by Gasteiger charge is 2.22. The van der Waals surface area contributed by atoms with Crippen LogP contribution < -0.4 is 21.3 Å². The number of nitrogens with one attached hydrogen (secondary N) is 4. The van der Waals surface area contributed by atoms with E-state index >= 15 is 0 Å². The number of unbranched alkanes of at least 4 members (excludes halogenated alkanes) is 16. The predicted octanol–water partition coefficient (Wildman–Crippen LogP) is 5.67. The summed E-state index contributed by atoms with van der Waals surface area (Å²) in [5, 5.41) is 29.0. The van der Waals surface area contributed by atoms with Crippen LogP contribution >= 0.6 is 23.5 Å². The number of carboxylic acids is 2. The Kier molecular flexibility index (Phi) is 32.0. The molecule has 2 atom stereocenters. The molecule has 6 N–H and O–H groups in total. The van der Waals surface area contributed by atoms with Crippen LogP contribution in [0.3, 0.4) is 0 Å². The second kappa shape index (κ2) is 33.7. The van der Waals surface area contributed by atoms with Crippen LogP contribution in [0.4, 0.5) is 0 Å². The Labute approximate surface area is 309 Å². The quantitative estimate of drug-likeness (QED) is 0.0441. The number of rotatable bonds is 35. The van der Waals surface area contributed by atoms with Crippen LogP contribution in [-0.4, -0.2) is 94.0 Å². The molecule has 2 unspecified atom stereocenters. The van der Waals surface area contributed by atoms with Crippen LogP contribution in [0.5, 0.6) is 0 Å². The van der Waals surface area contributed by atoms with Crippen molar-refractivity contribution in [3.8, 4) is 0 Å². The molecule has 0 aromatic heterocycles. The van der Waals surface area contributed by atoms with Crippen molar-refractivity contribution in [2.24, 2.45) is 0 Å². The Hall–Kier alpha value is -2.48. The van der Waals surface area contributed by atoms with E-state index in [0.29, 0.717) is 24.3 Å². The van der Waals surface area contributed by atoms with Crippen LogP contribution in [0.1, 0.15) is 142 Å². The lowest BCUT2D eigenvalue weighted by Gasteiger charge is -2.16. The van der Waals surface area contributed by atoms with E-state index < -0.39 is 35.8 Å². The first-order chi connectivity index (χ1) is 24.1. The van der Waals surface area contributed by atoms with Crippen molar-refractivity contribution in [3.05, 3.63) is 0 Å². The van der Waals surface area contributed by atoms with Crippen molar-refractivity contribution < 1.29 is 39.0 Å². The van der Waals surface area contributed by atoms with Gasteiger partial charge in [-0.25, -0.2) is 9.59 Å². The summed E-state index contributed by atoms with van der Waals surface area (Å²) in [7, 11) is 0. The van der Waals surface area contributed by atoms with Crippen molar-refractivity contribution in [1.29, 1.82) is 0 Å². The molecule has 50 heavy (non-hydrogen) atoms. The van der Waals surface area contributed by atoms with Gasteiger partial charge in [0.25, 0.3) is 0 Å². The summed E-state index contributed by atoms with van der Waals surface area (Å²) in [5.74, 6) is -2.79. The third kappa shape index (κ3) is 30.4. The molecule has 0 spiro atoms. The average Bonchev–Trinajstić information content (AvgIpc) is 3.08. The highest BCUT2D eigenvalue weighted by molar-refractivity contribution is 8.03. The first kappa shape index (κ1) is 47.5. The van der Waals surface area contributed by atoms with Crippen molar-refractivity contribution in [2.75, 3.05) is 36.1 Å². The average molecular weight is 747 g/mol. The number of thioether (sulfide) groups is 2. The van der Waals surface area contributed by atoms with E-state index in [2.05, 4.69) is 35.1 Å². The molecule has 0 rings (SSSR count). The number of carbonyl (C=O) groups is 6. The van der Waals surface area contributed by atoms with Gasteiger partial charge in [0.05, 0.1) is 13.1 Å². The Balaban J connectivity index is 4.08. The van der Waals surface area contributed by atoms with E-state index in [4.69, 9.17) is 0 Å².